The summed E-state index contributed by atoms with van der Waals surface area (Å²) in [5, 5.41) is 117. The van der Waals surface area contributed by atoms with E-state index in [0.717, 1.165) is 0 Å². The van der Waals surface area contributed by atoms with Gasteiger partial charge in [0.25, 0.3) is 0 Å². The first-order chi connectivity index (χ1) is 30.0. The summed E-state index contributed by atoms with van der Waals surface area (Å²) in [5.74, 6) is 63.0. The lowest BCUT2D eigenvalue weighted by Crippen LogP contribution is -2.27. The van der Waals surface area contributed by atoms with Gasteiger partial charge in [-0.1, -0.05) is 0 Å². The molecule has 72 N–H and O–H groups in total. The molecule has 0 fully saturated rings. The van der Waals surface area contributed by atoms with Gasteiger partial charge in [0.2, 0.25) is 0 Å². The Morgan fingerprint density at radius 2 is 0.121 bits per heavy atom. The van der Waals surface area contributed by atoms with Crippen molar-refractivity contribution in [2.75, 3.05) is 0 Å². The highest BCUT2D eigenvalue weighted by molar-refractivity contribution is 6.49. The maximum atomic E-state index is 10.5. The molecule has 0 aliphatic heterocycles. The lowest BCUT2D eigenvalue weighted by atomic mass is 13.6. The Balaban J connectivity index is -0.0000000129. The van der Waals surface area contributed by atoms with E-state index in [1.54, 1.807) is 0 Å². The largest absolute Gasteiger partial charge is 0.711 e. The number of halogens is 6. The molecule has 0 spiro atoms. The smallest absolute Gasteiger partial charge is 0.365 e. The molecule has 0 radical (unpaired) electrons. The second kappa shape index (κ2) is 208. The zero-order valence-electron chi connectivity index (χ0n) is 31.8. The molecule has 0 aliphatic rings. The third-order valence-electron chi connectivity index (χ3n) is 0. The quantitative estimate of drug-likeness (QED) is 0.0463. The van der Waals surface area contributed by atoms with Gasteiger partial charge in [0.1, 0.15) is 0 Å². The van der Waals surface area contributed by atoms with Gasteiger partial charge in [0.15, 0.2) is 0 Å². The molecule has 0 atom stereocenters. The predicted octanol–water partition coefficient (Wildman–Crippen LogP) is -21.8. The number of rotatable bonds is 0. The second-order valence-corrected chi connectivity index (χ2v) is 9.96. The Labute approximate surface area is 366 Å². The van der Waals surface area contributed by atoms with Gasteiger partial charge in [-0.05, 0) is 0 Å². The highest BCUT2D eigenvalue weighted by atomic mass is 28.4. The van der Waals surface area contributed by atoms with Gasteiger partial charge in [-0.15, -0.1) is 0 Å². The summed E-state index contributed by atoms with van der Waals surface area (Å²) in [7, 11) is -30.7. The molecule has 0 rings (SSSR count). The molecule has 0 bridgehead atoms. The SMILES string of the molecule is NO.NO.NO.NO.NO.NO.NO.NO.NO.NO.NO.NO.NO.NO.NO.NO.NO.NO.O[Si](O)(O)F.O[Si](O)(O)F.O[Si](O)(O)F.O[Si](O)(O)F.O[Si](O)(O)F.O[Si](O)(O)F. The van der Waals surface area contributed by atoms with Crippen molar-refractivity contribution in [3.05, 3.63) is 0 Å². The van der Waals surface area contributed by atoms with Crippen LogP contribution in [0.1, 0.15) is 0 Å². The van der Waals surface area contributed by atoms with E-state index < -0.39 is 54.8 Å². The van der Waals surface area contributed by atoms with E-state index in [9.17, 15) is 24.6 Å². The number of hydrogen-bond acceptors (Lipinski definition) is 54. The summed E-state index contributed by atoms with van der Waals surface area (Å²) in [4.78, 5) is 128. The molecule has 0 unspecified atom stereocenters. The van der Waals surface area contributed by atoms with Crippen molar-refractivity contribution >= 4 is 54.8 Å². The molecular weight excluding hydrogens is 1110 g/mol. The van der Waals surface area contributed by atoms with Crippen molar-refractivity contribution in [3.8, 4) is 0 Å². The van der Waals surface area contributed by atoms with Gasteiger partial charge in [-0.25, -0.2) is 131 Å². The van der Waals surface area contributed by atoms with Crippen molar-refractivity contribution in [2.24, 2.45) is 106 Å². The zero-order chi connectivity index (χ0) is 63.0. The van der Waals surface area contributed by atoms with Crippen LogP contribution in [0.4, 0.5) is 24.6 Å². The van der Waals surface area contributed by atoms with Crippen LogP contribution in [0.2, 0.25) is 0 Å². The van der Waals surface area contributed by atoms with Crippen LogP contribution in [0.5, 0.6) is 0 Å². The molecule has 0 saturated carbocycles. The van der Waals surface area contributed by atoms with Gasteiger partial charge < -0.3 is 180 Å². The highest BCUT2D eigenvalue weighted by Crippen LogP contribution is 1.82. The van der Waals surface area contributed by atoms with E-state index in [-0.39, 0.29) is 0 Å². The van der Waals surface area contributed by atoms with Crippen LogP contribution in [0.3, 0.4) is 0 Å². The van der Waals surface area contributed by atoms with Crippen LogP contribution in [0.25, 0.3) is 0 Å². The Morgan fingerprint density at radius 1 is 0.121 bits per heavy atom. The molecule has 444 valence electrons. The standard InChI is InChI=1S/6FH3O3Si.18H3NO/c6*1-5(2,3)4;18*1-2/h6*2-4H;18*2H,1H2. The van der Waals surface area contributed by atoms with Crippen LogP contribution in [-0.4, -0.2) is 235 Å². The molecule has 66 heavy (non-hydrogen) atoms. The van der Waals surface area contributed by atoms with E-state index in [1.807, 2.05) is 0 Å². The van der Waals surface area contributed by atoms with Crippen molar-refractivity contribution in [2.45, 2.75) is 0 Å². The maximum absolute atomic E-state index is 10.5. The van der Waals surface area contributed by atoms with Crippen LogP contribution in [-0.2, 0) is 0 Å². The molecule has 54 nitrogen and oxygen atoms in total. The Bertz CT molecular complexity index is 293. The Hall–Kier alpha value is -1.28. The van der Waals surface area contributed by atoms with Gasteiger partial charge in [0, 0.05) is 0 Å². The van der Waals surface area contributed by atoms with Crippen LogP contribution >= 0.6 is 0 Å². The van der Waals surface area contributed by atoms with Gasteiger partial charge in [-0.2, -0.15) is 0 Å². The van der Waals surface area contributed by atoms with Crippen LogP contribution in [0.15, 0.2) is 0 Å². The van der Waals surface area contributed by atoms with Gasteiger partial charge in [0.05, 0.1) is 0 Å². The molecular formula is H72F6N18O36Si6. The minimum absolute atomic E-state index is 3.50. The summed E-state index contributed by atoms with van der Waals surface area (Å²) in [6.45, 7) is 0. The molecule has 66 heteroatoms. The average molecular weight is 1180 g/mol. The van der Waals surface area contributed by atoms with Crippen LogP contribution < -0.4 is 106 Å². The third kappa shape index (κ3) is 146000. The van der Waals surface area contributed by atoms with Crippen LogP contribution in [0, 0.1) is 0 Å². The molecule has 0 aromatic carbocycles. The number of hydrogen-bond donors (Lipinski definition) is 54. The minimum atomic E-state index is -5.11. The van der Waals surface area contributed by atoms with E-state index in [4.69, 9.17) is 180 Å². The molecule has 0 amide bonds. The normalized spacial score (nSPS) is 7.09. The van der Waals surface area contributed by atoms with E-state index in [1.165, 1.54) is 0 Å². The summed E-state index contributed by atoms with van der Waals surface area (Å²) in [5.41, 5.74) is 0. The fourth-order valence-corrected chi connectivity index (χ4v) is 0. The van der Waals surface area contributed by atoms with Crippen molar-refractivity contribution in [3.63, 3.8) is 0 Å². The first-order valence-electron chi connectivity index (χ1n) is 9.81. The maximum Gasteiger partial charge on any atom is 0.711 e. The first kappa shape index (κ1) is 158. The zero-order valence-corrected chi connectivity index (χ0v) is 37.8. The molecule has 0 aromatic rings. The molecule has 0 aliphatic carbocycles. The lowest BCUT2D eigenvalue weighted by Gasteiger charge is -1.88. The summed E-state index contributed by atoms with van der Waals surface area (Å²) in [6.07, 6.45) is 0. The summed E-state index contributed by atoms with van der Waals surface area (Å²) < 4.78 is 63.0. The monoisotopic (exact) mass is 1180 g/mol. The second-order valence-electron chi connectivity index (χ2n) is 3.32. The highest BCUT2D eigenvalue weighted by Gasteiger charge is 2.28. The minimum Gasteiger partial charge on any atom is -0.365 e. The van der Waals surface area contributed by atoms with E-state index >= 15 is 0 Å². The lowest BCUT2D eigenvalue weighted by molar-refractivity contribution is 0.162. The predicted molar refractivity (Wildman–Crippen MR) is 189 cm³/mol. The Morgan fingerprint density at radius 3 is 0.121 bits per heavy atom. The Kier molecular flexibility index (Phi) is 499. The molecule has 0 heterocycles. The van der Waals surface area contributed by atoms with Crippen molar-refractivity contribution in [1.29, 1.82) is 0 Å². The van der Waals surface area contributed by atoms with Crippen molar-refractivity contribution in [1.82, 2.24) is 0 Å². The summed E-state index contributed by atoms with van der Waals surface area (Å²) in [6, 6.07) is 0. The van der Waals surface area contributed by atoms with Gasteiger partial charge in [-0.3, -0.25) is 0 Å². The summed E-state index contributed by atoms with van der Waals surface area (Å²) >= 11 is 0. The molecule has 0 saturated heterocycles. The number of nitrogens with two attached hydrogens (primary N) is 18. The third-order valence-corrected chi connectivity index (χ3v) is 0. The molecule has 0 aromatic heterocycles. The topological polar surface area (TPSA) is 1200 Å². The fraction of sp³-hybridized carbons (Fsp3) is 0. The van der Waals surface area contributed by atoms with E-state index in [0.29, 0.717) is 0 Å². The van der Waals surface area contributed by atoms with E-state index in [2.05, 4.69) is 106 Å². The fourth-order valence-electron chi connectivity index (χ4n) is 0. The van der Waals surface area contributed by atoms with Crippen molar-refractivity contribution < 1.29 is 205 Å². The van der Waals surface area contributed by atoms with Gasteiger partial charge >= 0.3 is 54.8 Å². The first-order valence-corrected chi connectivity index (χ1v) is 20.1. The average Bonchev–Trinajstić information content (AvgIpc) is 3.27.